The van der Waals surface area contributed by atoms with E-state index in [1.54, 1.807) is 6.20 Å². The highest BCUT2D eigenvalue weighted by Crippen LogP contribution is 2.32. The lowest BCUT2D eigenvalue weighted by molar-refractivity contribution is -0.157. The van der Waals surface area contributed by atoms with Crippen LogP contribution in [0.2, 0.25) is 0 Å². The number of carboxylic acid groups (broad SMARTS) is 3. The summed E-state index contributed by atoms with van der Waals surface area (Å²) in [7, 11) is 2.02. The number of rotatable bonds is 3. The largest absolute Gasteiger partial charge is 0.481 e. The molecule has 3 aliphatic rings. The normalized spacial score (nSPS) is 21.0. The molecule has 4 rings (SSSR count). The number of anilines is 1. The van der Waals surface area contributed by atoms with E-state index < -0.39 is 17.9 Å². The predicted octanol–water partition coefficient (Wildman–Crippen LogP) is 0.649. The topological polar surface area (TPSA) is 174 Å². The van der Waals surface area contributed by atoms with E-state index in [1.165, 1.54) is 6.20 Å². The zero-order valence-corrected chi connectivity index (χ0v) is 20.9. The molecule has 13 heteroatoms. The second-order valence-electron chi connectivity index (χ2n) is 9.02. The number of likely N-dealkylation sites (N-methyl/N-ethyl adjacent to an activating group) is 1. The van der Waals surface area contributed by atoms with Crippen LogP contribution in [0.25, 0.3) is 0 Å². The van der Waals surface area contributed by atoms with Crippen molar-refractivity contribution in [3.05, 3.63) is 18.1 Å². The number of carbonyl (C=O) groups excluding carboxylic acids is 1. The molecule has 0 aliphatic carbocycles. The van der Waals surface area contributed by atoms with Gasteiger partial charge in [-0.3, -0.25) is 24.3 Å². The molecule has 0 radical (unpaired) electrons. The SMILES string of the molecule is CC(=O)O.CC(=O)O.CN1CCC[C@H]1C(=O)N1CCOC2(CCN(c3cncc(C(=O)O)n3)CC2)C1. The van der Waals surface area contributed by atoms with Crippen LogP contribution < -0.4 is 4.90 Å². The fraction of sp³-hybridized carbons (Fsp3) is 0.652. The maximum atomic E-state index is 13.0. The van der Waals surface area contributed by atoms with Crippen LogP contribution in [-0.2, 0) is 19.1 Å². The molecule has 0 unspecified atom stereocenters. The van der Waals surface area contributed by atoms with Crippen molar-refractivity contribution in [2.24, 2.45) is 0 Å². The number of aliphatic carboxylic acids is 2. The molecular formula is C23H35N5O8. The van der Waals surface area contributed by atoms with Crippen molar-refractivity contribution in [1.82, 2.24) is 19.8 Å². The van der Waals surface area contributed by atoms with Crippen LogP contribution in [0.15, 0.2) is 12.4 Å². The van der Waals surface area contributed by atoms with Crippen LogP contribution in [0, 0.1) is 0 Å². The summed E-state index contributed by atoms with van der Waals surface area (Å²) >= 11 is 0. The number of nitrogens with zero attached hydrogens (tertiary/aromatic N) is 5. The minimum absolute atomic E-state index is 0.00396. The Hall–Kier alpha value is -3.32. The maximum Gasteiger partial charge on any atom is 0.356 e. The number of aromatic carboxylic acids is 1. The first-order valence-electron chi connectivity index (χ1n) is 11.8. The number of likely N-dealkylation sites (tertiary alicyclic amines) is 1. The summed E-state index contributed by atoms with van der Waals surface area (Å²) < 4.78 is 6.16. The first-order chi connectivity index (χ1) is 16.9. The van der Waals surface area contributed by atoms with Crippen molar-refractivity contribution < 1.29 is 39.2 Å². The summed E-state index contributed by atoms with van der Waals surface area (Å²) in [6.45, 7) is 6.39. The molecule has 0 saturated carbocycles. The number of piperidine rings is 1. The lowest BCUT2D eigenvalue weighted by atomic mass is 9.89. The van der Waals surface area contributed by atoms with E-state index in [2.05, 4.69) is 14.9 Å². The van der Waals surface area contributed by atoms with E-state index in [0.29, 0.717) is 38.6 Å². The quantitative estimate of drug-likeness (QED) is 0.520. The van der Waals surface area contributed by atoms with Gasteiger partial charge in [0.1, 0.15) is 5.82 Å². The van der Waals surface area contributed by atoms with E-state index in [1.807, 2.05) is 16.8 Å². The van der Waals surface area contributed by atoms with Gasteiger partial charge in [0.2, 0.25) is 5.91 Å². The molecule has 3 N–H and O–H groups in total. The monoisotopic (exact) mass is 509 g/mol. The average Bonchev–Trinajstić information content (AvgIpc) is 3.24. The number of aromatic nitrogens is 2. The van der Waals surface area contributed by atoms with Gasteiger partial charge in [0.05, 0.1) is 30.6 Å². The van der Waals surface area contributed by atoms with Crippen LogP contribution in [0.4, 0.5) is 5.82 Å². The molecule has 13 nitrogen and oxygen atoms in total. The highest BCUT2D eigenvalue weighted by Gasteiger charge is 2.43. The molecule has 1 spiro atoms. The number of carboxylic acids is 3. The Morgan fingerprint density at radius 2 is 1.61 bits per heavy atom. The zero-order chi connectivity index (χ0) is 26.9. The van der Waals surface area contributed by atoms with Gasteiger partial charge in [0.25, 0.3) is 11.9 Å². The van der Waals surface area contributed by atoms with Crippen molar-refractivity contribution in [2.75, 3.05) is 51.3 Å². The third-order valence-corrected chi connectivity index (χ3v) is 6.21. The summed E-state index contributed by atoms with van der Waals surface area (Å²) in [4.78, 5) is 56.5. The lowest BCUT2D eigenvalue weighted by Crippen LogP contribution is -2.60. The average molecular weight is 510 g/mol. The molecule has 0 bridgehead atoms. The van der Waals surface area contributed by atoms with Gasteiger partial charge in [-0.1, -0.05) is 0 Å². The van der Waals surface area contributed by atoms with Crippen LogP contribution in [0.5, 0.6) is 0 Å². The Labute approximate surface area is 209 Å². The van der Waals surface area contributed by atoms with E-state index in [9.17, 15) is 9.59 Å². The van der Waals surface area contributed by atoms with Crippen molar-refractivity contribution in [3.63, 3.8) is 0 Å². The summed E-state index contributed by atoms with van der Waals surface area (Å²) in [5.41, 5.74) is -0.372. The highest BCUT2D eigenvalue weighted by molar-refractivity contribution is 5.85. The number of hydrogen-bond donors (Lipinski definition) is 3. The Balaban J connectivity index is 0.000000501. The molecule has 1 amide bonds. The van der Waals surface area contributed by atoms with E-state index in [-0.39, 0.29) is 23.2 Å². The van der Waals surface area contributed by atoms with Gasteiger partial charge in [0, 0.05) is 40.0 Å². The molecular weight excluding hydrogens is 474 g/mol. The highest BCUT2D eigenvalue weighted by atomic mass is 16.5. The smallest absolute Gasteiger partial charge is 0.356 e. The van der Waals surface area contributed by atoms with Crippen molar-refractivity contribution >= 4 is 29.6 Å². The Kier molecular flexibility index (Phi) is 10.5. The Morgan fingerprint density at radius 3 is 2.14 bits per heavy atom. The van der Waals surface area contributed by atoms with Gasteiger partial charge in [0.15, 0.2) is 5.69 Å². The standard InChI is InChI=1S/C19H27N5O4.2C2H4O2/c1-22-6-2-3-15(22)17(25)24-9-10-28-19(13-24)4-7-23(8-5-19)16-12-20-11-14(21-16)18(26)27;2*1-2(3)4/h11-12,15H,2-10,13H2,1H3,(H,26,27);2*1H3,(H,3,4)/t15-;;/m0../s1. The molecule has 1 aromatic heterocycles. The molecule has 3 aliphatic heterocycles. The summed E-state index contributed by atoms with van der Waals surface area (Å²) in [6.07, 6.45) is 6.41. The number of ether oxygens (including phenoxy) is 1. The molecule has 4 heterocycles. The Morgan fingerprint density at radius 1 is 1.00 bits per heavy atom. The number of amides is 1. The van der Waals surface area contributed by atoms with E-state index >= 15 is 0 Å². The summed E-state index contributed by atoms with van der Waals surface area (Å²) in [6, 6.07) is 0.00396. The zero-order valence-electron chi connectivity index (χ0n) is 20.9. The number of hydrogen-bond acceptors (Lipinski definition) is 9. The van der Waals surface area contributed by atoms with Crippen LogP contribution in [0.1, 0.15) is 50.0 Å². The molecule has 3 fully saturated rings. The number of carbonyl (C=O) groups is 4. The molecule has 3 saturated heterocycles. The van der Waals surface area contributed by atoms with E-state index in [0.717, 1.165) is 46.1 Å². The van der Waals surface area contributed by atoms with E-state index in [4.69, 9.17) is 29.6 Å². The van der Waals surface area contributed by atoms with Gasteiger partial charge >= 0.3 is 5.97 Å². The third kappa shape index (κ3) is 8.41. The van der Waals surface area contributed by atoms with Crippen molar-refractivity contribution in [1.29, 1.82) is 0 Å². The van der Waals surface area contributed by atoms with Gasteiger partial charge in [-0.2, -0.15) is 0 Å². The molecule has 0 aromatic carbocycles. The third-order valence-electron chi connectivity index (χ3n) is 6.21. The first-order valence-corrected chi connectivity index (χ1v) is 11.8. The fourth-order valence-electron chi connectivity index (χ4n) is 4.52. The molecule has 200 valence electrons. The fourth-order valence-corrected chi connectivity index (χ4v) is 4.52. The summed E-state index contributed by atoms with van der Waals surface area (Å²) in [5.74, 6) is -1.94. The van der Waals surface area contributed by atoms with Crippen LogP contribution in [-0.4, -0.2) is 117 Å². The maximum absolute atomic E-state index is 13.0. The van der Waals surface area contributed by atoms with Gasteiger partial charge in [-0.15, -0.1) is 0 Å². The minimum Gasteiger partial charge on any atom is -0.481 e. The van der Waals surface area contributed by atoms with Crippen LogP contribution in [0.3, 0.4) is 0 Å². The van der Waals surface area contributed by atoms with Crippen LogP contribution >= 0.6 is 0 Å². The summed E-state index contributed by atoms with van der Waals surface area (Å²) in [5, 5.41) is 23.9. The van der Waals surface area contributed by atoms with Gasteiger partial charge < -0.3 is 29.9 Å². The molecule has 1 atom stereocenters. The lowest BCUT2D eigenvalue weighted by Gasteiger charge is -2.48. The second-order valence-corrected chi connectivity index (χ2v) is 9.02. The first kappa shape index (κ1) is 28.9. The number of morpholine rings is 1. The van der Waals surface area contributed by atoms with Crippen molar-refractivity contribution in [3.8, 4) is 0 Å². The molecule has 1 aromatic rings. The van der Waals surface area contributed by atoms with Gasteiger partial charge in [-0.05, 0) is 39.3 Å². The molecule has 36 heavy (non-hydrogen) atoms. The minimum atomic E-state index is -1.08. The predicted molar refractivity (Wildman–Crippen MR) is 128 cm³/mol. The van der Waals surface area contributed by atoms with Gasteiger partial charge in [-0.25, -0.2) is 9.78 Å². The van der Waals surface area contributed by atoms with Crippen molar-refractivity contribution in [2.45, 2.75) is 51.2 Å². The second kappa shape index (κ2) is 13.1. The Bertz CT molecular complexity index is 915.